The molecule has 4 heterocycles. The fraction of sp³-hybridized carbons (Fsp3) is 0.448. The van der Waals surface area contributed by atoms with Crippen LogP contribution in [0.2, 0.25) is 0 Å². The second-order valence-corrected chi connectivity index (χ2v) is 11.5. The molecule has 0 amide bonds. The maximum Gasteiger partial charge on any atom is 0.260 e. The predicted molar refractivity (Wildman–Crippen MR) is 156 cm³/mol. The Bertz CT molecular complexity index is 1460. The summed E-state index contributed by atoms with van der Waals surface area (Å²) >= 11 is 1.67. The van der Waals surface area contributed by atoms with Gasteiger partial charge in [0.2, 0.25) is 5.95 Å². The molecule has 0 unspecified atom stereocenters. The molecule has 0 radical (unpaired) electrons. The van der Waals surface area contributed by atoms with Crippen molar-refractivity contribution >= 4 is 39.7 Å². The van der Waals surface area contributed by atoms with E-state index in [9.17, 15) is 4.79 Å². The lowest BCUT2D eigenvalue weighted by Gasteiger charge is -2.34. The van der Waals surface area contributed by atoms with Gasteiger partial charge in [-0.05, 0) is 57.1 Å². The molecule has 2 fully saturated rings. The molecule has 2 aliphatic rings. The number of aryl methyl sites for hydroxylation is 1. The molecule has 1 saturated carbocycles. The molecule has 198 valence electrons. The van der Waals surface area contributed by atoms with E-state index in [2.05, 4.69) is 51.4 Å². The molecule has 6 rings (SSSR count). The van der Waals surface area contributed by atoms with Crippen LogP contribution in [0.15, 0.2) is 47.5 Å². The molecule has 3 aromatic heterocycles. The first-order chi connectivity index (χ1) is 18.6. The maximum absolute atomic E-state index is 13.5. The van der Waals surface area contributed by atoms with Gasteiger partial charge in [-0.15, -0.1) is 11.3 Å². The number of nitrogens with one attached hydrogen (secondary N) is 1. The van der Waals surface area contributed by atoms with Gasteiger partial charge in [0.1, 0.15) is 5.65 Å². The third-order valence-electron chi connectivity index (χ3n) is 7.88. The van der Waals surface area contributed by atoms with E-state index < -0.39 is 0 Å². The topological polar surface area (TPSA) is 79.2 Å². The van der Waals surface area contributed by atoms with Gasteiger partial charge in [-0.3, -0.25) is 9.36 Å². The molecular weight excluding hydrogens is 494 g/mol. The van der Waals surface area contributed by atoms with Crippen LogP contribution in [0, 0.1) is 0 Å². The normalized spacial score (nSPS) is 17.3. The number of aromatic nitrogens is 4. The molecule has 0 atom stereocenters. The highest BCUT2D eigenvalue weighted by molar-refractivity contribution is 7.15. The molecular formula is C29H35N7OS. The first-order valence-corrected chi connectivity index (χ1v) is 14.6. The van der Waals surface area contributed by atoms with Gasteiger partial charge in [0.15, 0.2) is 0 Å². The third kappa shape index (κ3) is 5.05. The summed E-state index contributed by atoms with van der Waals surface area (Å²) < 4.78 is 1.74. The number of pyridine rings is 1. The van der Waals surface area contributed by atoms with E-state index in [1.807, 2.05) is 19.2 Å². The maximum atomic E-state index is 13.5. The van der Waals surface area contributed by atoms with Gasteiger partial charge >= 0.3 is 0 Å². The largest absolute Gasteiger partial charge is 0.369 e. The van der Waals surface area contributed by atoms with Crippen molar-refractivity contribution in [1.82, 2.24) is 24.4 Å². The Labute approximate surface area is 227 Å². The zero-order chi connectivity index (χ0) is 26.1. The molecule has 1 aliphatic heterocycles. The van der Waals surface area contributed by atoms with Crippen molar-refractivity contribution in [2.75, 3.05) is 43.4 Å². The average molecular weight is 530 g/mol. The number of fused-ring (bicyclic) bond motifs is 1. The fourth-order valence-electron chi connectivity index (χ4n) is 5.59. The summed E-state index contributed by atoms with van der Waals surface area (Å²) in [4.78, 5) is 33.3. The fourth-order valence-corrected chi connectivity index (χ4v) is 6.68. The number of likely N-dealkylation sites (N-methyl/N-ethyl adjacent to an activating group) is 1. The van der Waals surface area contributed by atoms with Crippen LogP contribution in [0.3, 0.4) is 0 Å². The number of rotatable bonds is 6. The van der Waals surface area contributed by atoms with Crippen LogP contribution in [-0.4, -0.2) is 57.6 Å². The molecule has 0 bridgehead atoms. The van der Waals surface area contributed by atoms with E-state index in [1.165, 1.54) is 37.8 Å². The summed E-state index contributed by atoms with van der Waals surface area (Å²) in [7, 11) is 2.17. The van der Waals surface area contributed by atoms with E-state index in [1.54, 1.807) is 22.1 Å². The number of benzene rings is 1. The molecule has 8 nitrogen and oxygen atoms in total. The van der Waals surface area contributed by atoms with Crippen LogP contribution in [0.5, 0.6) is 0 Å². The summed E-state index contributed by atoms with van der Waals surface area (Å²) in [6.07, 6.45) is 9.94. The number of anilines is 3. The molecule has 1 saturated heterocycles. The minimum atomic E-state index is -0.0278. The highest BCUT2D eigenvalue weighted by atomic mass is 32.1. The van der Waals surface area contributed by atoms with Crippen molar-refractivity contribution in [2.45, 2.75) is 51.5 Å². The minimum Gasteiger partial charge on any atom is -0.369 e. The minimum absolute atomic E-state index is 0.0278. The Balaban J connectivity index is 1.25. The number of hydrogen-bond donors (Lipinski definition) is 1. The molecule has 1 aromatic carbocycles. The van der Waals surface area contributed by atoms with Crippen LogP contribution >= 0.6 is 11.3 Å². The second-order valence-electron chi connectivity index (χ2n) is 10.4. The summed E-state index contributed by atoms with van der Waals surface area (Å²) in [5.74, 6) is 1.01. The van der Waals surface area contributed by atoms with Crippen LogP contribution in [0.4, 0.5) is 17.3 Å². The van der Waals surface area contributed by atoms with Crippen molar-refractivity contribution in [3.8, 4) is 10.4 Å². The molecule has 1 N–H and O–H groups in total. The Morgan fingerprint density at radius 3 is 2.50 bits per heavy atom. The zero-order valence-electron chi connectivity index (χ0n) is 22.2. The van der Waals surface area contributed by atoms with Crippen LogP contribution in [0.25, 0.3) is 21.5 Å². The highest BCUT2D eigenvalue weighted by Gasteiger charge is 2.21. The SMILES string of the molecule is CCn1c(=O)c(-c2cnc(C3CCCCC3)s2)cc2cnc(Nc3ccc(N4CCN(C)CC4)cc3)nc21. The Morgan fingerprint density at radius 2 is 1.76 bits per heavy atom. The van der Waals surface area contributed by atoms with Crippen molar-refractivity contribution in [3.05, 3.63) is 58.1 Å². The number of nitrogens with zero attached hydrogens (tertiary/aromatic N) is 6. The number of hydrogen-bond acceptors (Lipinski definition) is 8. The molecule has 4 aromatic rings. The molecule has 9 heteroatoms. The average Bonchev–Trinajstić information content (AvgIpc) is 3.44. The first-order valence-electron chi connectivity index (χ1n) is 13.8. The lowest BCUT2D eigenvalue weighted by atomic mass is 9.90. The van der Waals surface area contributed by atoms with Crippen molar-refractivity contribution < 1.29 is 0 Å². The van der Waals surface area contributed by atoms with E-state index >= 15 is 0 Å². The summed E-state index contributed by atoms with van der Waals surface area (Å²) in [6, 6.07) is 10.3. The Kier molecular flexibility index (Phi) is 7.12. The molecule has 0 spiro atoms. The van der Waals surface area contributed by atoms with E-state index in [-0.39, 0.29) is 5.56 Å². The van der Waals surface area contributed by atoms with Crippen molar-refractivity contribution in [3.63, 3.8) is 0 Å². The molecule has 1 aliphatic carbocycles. The first kappa shape index (κ1) is 25.0. The van der Waals surface area contributed by atoms with Crippen LogP contribution in [0.1, 0.15) is 50.0 Å². The third-order valence-corrected chi connectivity index (χ3v) is 9.07. The quantitative estimate of drug-likeness (QED) is 0.354. The summed E-state index contributed by atoms with van der Waals surface area (Å²) in [5.41, 5.74) is 3.45. The summed E-state index contributed by atoms with van der Waals surface area (Å²) in [6.45, 7) is 6.76. The van der Waals surface area contributed by atoms with Gasteiger partial charge in [-0.1, -0.05) is 19.3 Å². The lowest BCUT2D eigenvalue weighted by Crippen LogP contribution is -2.44. The van der Waals surface area contributed by atoms with E-state index in [4.69, 9.17) is 9.97 Å². The predicted octanol–water partition coefficient (Wildman–Crippen LogP) is 5.48. The molecule has 38 heavy (non-hydrogen) atoms. The smallest absolute Gasteiger partial charge is 0.260 e. The van der Waals surface area contributed by atoms with Gasteiger partial charge in [0.25, 0.3) is 5.56 Å². The van der Waals surface area contributed by atoms with E-state index in [0.29, 0.717) is 29.6 Å². The standard InChI is InChI=1S/C29H35N7OS/c1-3-36-26-21(17-24(28(36)37)25-19-30-27(38-25)20-7-5-4-6-8-20)18-31-29(33-26)32-22-9-11-23(12-10-22)35-15-13-34(2)14-16-35/h9-12,17-20H,3-8,13-16H2,1-2H3,(H,31,32,33). The number of piperazine rings is 1. The highest BCUT2D eigenvalue weighted by Crippen LogP contribution is 2.37. The monoisotopic (exact) mass is 529 g/mol. The van der Waals surface area contributed by atoms with Crippen LogP contribution < -0.4 is 15.8 Å². The van der Waals surface area contributed by atoms with Gasteiger partial charge < -0.3 is 15.1 Å². The van der Waals surface area contributed by atoms with Gasteiger partial charge in [0.05, 0.1) is 15.4 Å². The van der Waals surface area contributed by atoms with Crippen molar-refractivity contribution in [1.29, 1.82) is 0 Å². The van der Waals surface area contributed by atoms with Gasteiger partial charge in [-0.2, -0.15) is 4.98 Å². The Morgan fingerprint density at radius 1 is 1.00 bits per heavy atom. The zero-order valence-corrected chi connectivity index (χ0v) is 23.0. The lowest BCUT2D eigenvalue weighted by molar-refractivity contribution is 0.313. The number of thiazole rings is 1. The van der Waals surface area contributed by atoms with Gasteiger partial charge in [0, 0.05) is 67.8 Å². The van der Waals surface area contributed by atoms with Crippen LogP contribution in [-0.2, 0) is 6.54 Å². The van der Waals surface area contributed by atoms with Crippen molar-refractivity contribution in [2.24, 2.45) is 0 Å². The van der Waals surface area contributed by atoms with Gasteiger partial charge in [-0.25, -0.2) is 9.97 Å². The second kappa shape index (κ2) is 10.8. The summed E-state index contributed by atoms with van der Waals surface area (Å²) in [5, 5.41) is 5.33. The Hall–Kier alpha value is -3.30. The van der Waals surface area contributed by atoms with E-state index in [0.717, 1.165) is 47.1 Å².